The second-order valence-electron chi connectivity index (χ2n) is 5.61. The van der Waals surface area contributed by atoms with Crippen molar-refractivity contribution >= 4 is 44.2 Å². The molecular weight excluding hydrogens is 328 g/mol. The van der Waals surface area contributed by atoms with Gasteiger partial charge in [-0.25, -0.2) is 0 Å². The lowest BCUT2D eigenvalue weighted by Crippen LogP contribution is -2.46. The van der Waals surface area contributed by atoms with Crippen LogP contribution in [-0.2, 0) is 0 Å². The molecule has 0 N–H and O–H groups in total. The van der Waals surface area contributed by atoms with Gasteiger partial charge in [-0.1, -0.05) is 57.7 Å². The number of nitrogens with zero attached hydrogens (tertiary/aromatic N) is 2. The summed E-state index contributed by atoms with van der Waals surface area (Å²) in [4.78, 5) is 6.24. The van der Waals surface area contributed by atoms with E-state index in [-0.39, 0.29) is 0 Å². The van der Waals surface area contributed by atoms with Crippen LogP contribution in [0.1, 0.15) is 10.4 Å². The highest BCUT2D eigenvalue weighted by molar-refractivity contribution is 7.79. The highest BCUT2D eigenvalue weighted by Gasteiger charge is 2.18. The van der Waals surface area contributed by atoms with E-state index in [1.165, 1.54) is 21.7 Å². The fourth-order valence-corrected chi connectivity index (χ4v) is 5.68. The number of hydrogen-bond acceptors (Lipinski definition) is 5. The van der Waals surface area contributed by atoms with E-state index in [1.807, 2.05) is 0 Å². The molecule has 1 aliphatic rings. The summed E-state index contributed by atoms with van der Waals surface area (Å²) in [6.45, 7) is 11.7. The maximum absolute atomic E-state index is 5.33. The molecule has 2 heterocycles. The van der Waals surface area contributed by atoms with Crippen molar-refractivity contribution in [2.75, 3.05) is 37.6 Å². The van der Waals surface area contributed by atoms with E-state index in [9.17, 15) is 0 Å². The van der Waals surface area contributed by atoms with E-state index in [0.29, 0.717) is 0 Å². The Balaban J connectivity index is 1.57. The summed E-state index contributed by atoms with van der Waals surface area (Å²) >= 11 is 5.33. The topological polar surface area (TPSA) is 6.48 Å². The monoisotopic (exact) mass is 348 g/mol. The summed E-state index contributed by atoms with van der Waals surface area (Å²) in [6.07, 6.45) is 0. The van der Waals surface area contributed by atoms with Gasteiger partial charge in [-0.2, -0.15) is 0 Å². The molecule has 22 heavy (non-hydrogen) atoms. The third-order valence-corrected chi connectivity index (χ3v) is 7.50. The van der Waals surface area contributed by atoms with E-state index in [1.54, 1.807) is 20.7 Å². The average Bonchev–Trinajstić information content (AvgIpc) is 2.88. The molecule has 0 saturated carbocycles. The Labute approximate surface area is 144 Å². The average molecular weight is 349 g/mol. The number of piperazine rings is 1. The Morgan fingerprint density at radius 2 is 1.82 bits per heavy atom. The van der Waals surface area contributed by atoms with Gasteiger partial charge in [0, 0.05) is 43.3 Å². The molecule has 0 radical (unpaired) electrons. The summed E-state index contributed by atoms with van der Waals surface area (Å²) in [6, 6.07) is 10.7. The molecule has 2 aromatic rings. The number of para-hydroxylation sites is 1. The van der Waals surface area contributed by atoms with Gasteiger partial charge in [0.25, 0.3) is 0 Å². The Bertz CT molecular complexity index is 694. The van der Waals surface area contributed by atoms with Gasteiger partial charge in [-0.05, 0) is 30.2 Å². The molecule has 1 aromatic heterocycles. The lowest BCUT2D eigenvalue weighted by Gasteiger charge is -2.36. The molecule has 0 bridgehead atoms. The third-order valence-electron chi connectivity index (χ3n) is 4.08. The van der Waals surface area contributed by atoms with Gasteiger partial charge in [0.1, 0.15) is 3.82 Å². The first-order chi connectivity index (χ1) is 10.6. The molecule has 1 aliphatic heterocycles. The van der Waals surface area contributed by atoms with Gasteiger partial charge in [0.05, 0.1) is 0 Å². The molecule has 0 unspecified atom stereocenters. The van der Waals surface area contributed by atoms with Crippen molar-refractivity contribution < 1.29 is 0 Å². The van der Waals surface area contributed by atoms with E-state index >= 15 is 0 Å². The molecule has 1 saturated heterocycles. The van der Waals surface area contributed by atoms with Gasteiger partial charge < -0.3 is 4.90 Å². The second-order valence-corrected chi connectivity index (χ2v) is 8.43. The standard InChI is InChI=1S/C17H20N2S3/c1-13(16-14(2)17(20)22-21-16)12-18-8-10-19(11-9-18)15-6-4-3-5-7-15/h3-7H,1,8-12H2,2H3. The van der Waals surface area contributed by atoms with Crippen LogP contribution in [0, 0.1) is 10.7 Å². The van der Waals surface area contributed by atoms with E-state index < -0.39 is 0 Å². The lowest BCUT2D eigenvalue weighted by molar-refractivity contribution is 0.288. The number of hydrogen-bond donors (Lipinski definition) is 0. The number of rotatable bonds is 4. The zero-order valence-electron chi connectivity index (χ0n) is 12.7. The first kappa shape index (κ1) is 15.9. The summed E-state index contributed by atoms with van der Waals surface area (Å²) in [5.41, 5.74) is 3.77. The van der Waals surface area contributed by atoms with Crippen LogP contribution < -0.4 is 4.90 Å². The Morgan fingerprint density at radius 3 is 2.41 bits per heavy atom. The molecule has 0 amide bonds. The van der Waals surface area contributed by atoms with Crippen LogP contribution in [0.4, 0.5) is 5.69 Å². The van der Waals surface area contributed by atoms with Crippen molar-refractivity contribution in [1.82, 2.24) is 4.90 Å². The Morgan fingerprint density at radius 1 is 1.14 bits per heavy atom. The van der Waals surface area contributed by atoms with Crippen molar-refractivity contribution in [3.05, 3.63) is 51.2 Å². The van der Waals surface area contributed by atoms with E-state index in [2.05, 4.69) is 53.6 Å². The minimum atomic E-state index is 0.950. The van der Waals surface area contributed by atoms with Crippen molar-refractivity contribution in [2.45, 2.75) is 6.92 Å². The van der Waals surface area contributed by atoms with Gasteiger partial charge in [0.2, 0.25) is 0 Å². The van der Waals surface area contributed by atoms with E-state index in [4.69, 9.17) is 12.2 Å². The van der Waals surface area contributed by atoms with Crippen LogP contribution >= 0.6 is 32.9 Å². The van der Waals surface area contributed by atoms with Crippen LogP contribution in [-0.4, -0.2) is 37.6 Å². The van der Waals surface area contributed by atoms with Crippen molar-refractivity contribution in [2.24, 2.45) is 0 Å². The fourth-order valence-electron chi connectivity index (χ4n) is 2.77. The quantitative estimate of drug-likeness (QED) is 0.585. The zero-order valence-corrected chi connectivity index (χ0v) is 15.2. The van der Waals surface area contributed by atoms with E-state index in [0.717, 1.165) is 36.5 Å². The molecule has 2 nitrogen and oxygen atoms in total. The summed E-state index contributed by atoms with van der Waals surface area (Å²) < 4.78 is 1.01. The minimum Gasteiger partial charge on any atom is -0.369 e. The lowest BCUT2D eigenvalue weighted by atomic mass is 10.1. The largest absolute Gasteiger partial charge is 0.369 e. The van der Waals surface area contributed by atoms with Crippen LogP contribution in [0.3, 0.4) is 0 Å². The molecule has 5 heteroatoms. The zero-order chi connectivity index (χ0) is 15.5. The normalized spacial score (nSPS) is 16.0. The van der Waals surface area contributed by atoms with Crippen LogP contribution in [0.5, 0.6) is 0 Å². The molecule has 0 atom stereocenters. The number of anilines is 1. The van der Waals surface area contributed by atoms with Gasteiger partial charge in [0.15, 0.2) is 0 Å². The molecule has 3 rings (SSSR count). The molecule has 0 spiro atoms. The summed E-state index contributed by atoms with van der Waals surface area (Å²) in [7, 11) is 3.46. The first-order valence-corrected chi connectivity index (χ1v) is 10.0. The van der Waals surface area contributed by atoms with Crippen molar-refractivity contribution in [1.29, 1.82) is 0 Å². The number of benzene rings is 1. The van der Waals surface area contributed by atoms with Crippen LogP contribution in [0.15, 0.2) is 36.9 Å². The van der Waals surface area contributed by atoms with Crippen LogP contribution in [0.25, 0.3) is 5.57 Å². The highest BCUT2D eigenvalue weighted by atomic mass is 32.9. The first-order valence-electron chi connectivity index (χ1n) is 7.45. The SMILES string of the molecule is C=C(CN1CCN(c2ccccc2)CC1)c1ssc(=S)c1C. The third kappa shape index (κ3) is 3.49. The van der Waals surface area contributed by atoms with Crippen molar-refractivity contribution in [3.63, 3.8) is 0 Å². The highest BCUT2D eigenvalue weighted by Crippen LogP contribution is 2.30. The van der Waals surface area contributed by atoms with Gasteiger partial charge >= 0.3 is 0 Å². The smallest absolute Gasteiger partial charge is 0.105 e. The maximum atomic E-state index is 5.33. The molecule has 1 aromatic carbocycles. The van der Waals surface area contributed by atoms with Crippen molar-refractivity contribution in [3.8, 4) is 0 Å². The van der Waals surface area contributed by atoms with Crippen LogP contribution in [0.2, 0.25) is 0 Å². The molecule has 116 valence electrons. The predicted octanol–water partition coefficient (Wildman–Crippen LogP) is 4.68. The summed E-state index contributed by atoms with van der Waals surface area (Å²) in [5, 5.41) is 0. The molecular formula is C17H20N2S3. The minimum absolute atomic E-state index is 0.950. The maximum Gasteiger partial charge on any atom is 0.105 e. The Kier molecular flexibility index (Phi) is 5.08. The molecule has 1 fully saturated rings. The second kappa shape index (κ2) is 7.04. The fraction of sp³-hybridized carbons (Fsp3) is 0.353. The Hall–Kier alpha value is -1.01. The predicted molar refractivity (Wildman–Crippen MR) is 102 cm³/mol. The summed E-state index contributed by atoms with van der Waals surface area (Å²) in [5.74, 6) is 0. The van der Waals surface area contributed by atoms with Gasteiger partial charge in [-0.15, -0.1) is 0 Å². The van der Waals surface area contributed by atoms with Gasteiger partial charge in [-0.3, -0.25) is 4.90 Å². The molecule has 0 aliphatic carbocycles.